The van der Waals surface area contributed by atoms with Crippen molar-refractivity contribution in [3.8, 4) is 11.1 Å². The third-order valence-electron chi connectivity index (χ3n) is 5.11. The van der Waals surface area contributed by atoms with E-state index in [0.29, 0.717) is 24.7 Å². The van der Waals surface area contributed by atoms with E-state index in [-0.39, 0.29) is 0 Å². The molecule has 3 aromatic rings. The second kappa shape index (κ2) is 5.96. The Hall–Kier alpha value is -3.12. The average molecular weight is 358 g/mol. The van der Waals surface area contributed by atoms with Crippen LogP contribution in [0.3, 0.4) is 0 Å². The Morgan fingerprint density at radius 1 is 1.07 bits per heavy atom. The predicted octanol–water partition coefficient (Wildman–Crippen LogP) is 3.02. The first kappa shape index (κ1) is 16.1. The molecule has 27 heavy (non-hydrogen) atoms. The maximum atomic E-state index is 5.45. The molecule has 0 radical (unpaired) electrons. The van der Waals surface area contributed by atoms with E-state index >= 15 is 0 Å². The topological polar surface area (TPSA) is 72.9 Å². The lowest BCUT2D eigenvalue weighted by molar-refractivity contribution is 0.199. The first-order valence-corrected chi connectivity index (χ1v) is 8.91. The number of rotatable bonds is 4. The molecule has 0 atom stereocenters. The summed E-state index contributed by atoms with van der Waals surface area (Å²) in [5.74, 6) is 1.08. The van der Waals surface area contributed by atoms with Crippen LogP contribution in [0.4, 0.5) is 5.69 Å². The van der Waals surface area contributed by atoms with Gasteiger partial charge in [-0.05, 0) is 37.1 Å². The summed E-state index contributed by atoms with van der Waals surface area (Å²) in [6, 6.07) is 10.3. The standard InChI is InChI=1S/C21H18N4O2/c1-11-18-12(2)20(21-24-17(25-27-21)8-9-26-3)23-16(18)10-14-13-6-4-5-7-15(13)22-19(11)14/h4-7,10H,8-9H2,1-3H3. The normalized spacial score (nSPS) is 13.9. The zero-order valence-corrected chi connectivity index (χ0v) is 15.4. The molecule has 3 heterocycles. The summed E-state index contributed by atoms with van der Waals surface area (Å²) in [5, 5.41) is 5.99. The van der Waals surface area contributed by atoms with E-state index in [0.717, 1.165) is 49.9 Å². The van der Waals surface area contributed by atoms with Crippen LogP contribution in [0.2, 0.25) is 0 Å². The van der Waals surface area contributed by atoms with Crippen molar-refractivity contribution >= 4 is 17.0 Å². The summed E-state index contributed by atoms with van der Waals surface area (Å²) < 4.78 is 10.5. The molecule has 2 aliphatic heterocycles. The van der Waals surface area contributed by atoms with E-state index in [1.54, 1.807) is 7.11 Å². The molecule has 6 heteroatoms. The van der Waals surface area contributed by atoms with Crippen LogP contribution >= 0.6 is 0 Å². The van der Waals surface area contributed by atoms with Gasteiger partial charge in [0.15, 0.2) is 5.82 Å². The molecule has 2 aliphatic rings. The third kappa shape index (κ3) is 2.37. The van der Waals surface area contributed by atoms with Gasteiger partial charge in [-0.15, -0.1) is 0 Å². The van der Waals surface area contributed by atoms with Crippen molar-refractivity contribution in [3.63, 3.8) is 0 Å². The van der Waals surface area contributed by atoms with Crippen molar-refractivity contribution in [2.24, 2.45) is 9.98 Å². The number of aromatic nitrogens is 2. The van der Waals surface area contributed by atoms with Crippen LogP contribution in [0.1, 0.15) is 29.8 Å². The highest BCUT2D eigenvalue weighted by molar-refractivity contribution is 5.92. The summed E-state index contributed by atoms with van der Waals surface area (Å²) in [4.78, 5) is 14.1. The lowest BCUT2D eigenvalue weighted by Crippen LogP contribution is -2.18. The minimum atomic E-state index is 0.451. The molecule has 2 aromatic carbocycles. The number of para-hydroxylation sites is 1. The number of nitrogens with zero attached hydrogens (tertiary/aromatic N) is 4. The Morgan fingerprint density at radius 3 is 2.78 bits per heavy atom. The van der Waals surface area contributed by atoms with Crippen molar-refractivity contribution in [1.29, 1.82) is 0 Å². The van der Waals surface area contributed by atoms with E-state index in [2.05, 4.69) is 29.2 Å². The Kier molecular flexibility index (Phi) is 3.55. The lowest BCUT2D eigenvalue weighted by atomic mass is 9.96. The number of benzene rings is 2. The van der Waals surface area contributed by atoms with Crippen LogP contribution in [0.25, 0.3) is 22.4 Å². The zero-order chi connectivity index (χ0) is 18.5. The molecule has 0 unspecified atom stereocenters. The second-order valence-corrected chi connectivity index (χ2v) is 6.76. The molecule has 1 aromatic heterocycles. The number of ether oxygens (including phenoxy) is 1. The first-order chi connectivity index (χ1) is 13.2. The Labute approximate surface area is 155 Å². The quantitative estimate of drug-likeness (QED) is 0.562. The molecule has 0 bridgehead atoms. The summed E-state index contributed by atoms with van der Waals surface area (Å²) in [6.07, 6.45) is 0.613. The molecule has 0 saturated heterocycles. The van der Waals surface area contributed by atoms with Crippen molar-refractivity contribution in [2.45, 2.75) is 20.3 Å². The number of allylic oxidation sites excluding steroid dienone is 1. The molecular weight excluding hydrogens is 340 g/mol. The molecule has 134 valence electrons. The lowest BCUT2D eigenvalue weighted by Gasteiger charge is -2.05. The van der Waals surface area contributed by atoms with Crippen molar-refractivity contribution in [2.75, 3.05) is 13.7 Å². The van der Waals surface area contributed by atoms with Gasteiger partial charge < -0.3 is 9.26 Å². The smallest absolute Gasteiger partial charge is 0.276 e. The van der Waals surface area contributed by atoms with Gasteiger partial charge >= 0.3 is 0 Å². The summed E-state index contributed by atoms with van der Waals surface area (Å²) >= 11 is 0. The third-order valence-corrected chi connectivity index (χ3v) is 5.11. The highest BCUT2D eigenvalue weighted by atomic mass is 16.5. The van der Waals surface area contributed by atoms with E-state index in [1.807, 2.05) is 25.1 Å². The molecule has 0 fully saturated rings. The second-order valence-electron chi connectivity index (χ2n) is 6.76. The summed E-state index contributed by atoms with van der Waals surface area (Å²) in [5.41, 5.74) is 7.32. The maximum absolute atomic E-state index is 5.45. The van der Waals surface area contributed by atoms with Crippen LogP contribution in [-0.2, 0) is 11.2 Å². The summed E-state index contributed by atoms with van der Waals surface area (Å²) in [6.45, 7) is 4.71. The van der Waals surface area contributed by atoms with Crippen LogP contribution in [0.15, 0.2) is 44.8 Å². The summed E-state index contributed by atoms with van der Waals surface area (Å²) in [7, 11) is 1.65. The first-order valence-electron chi connectivity index (χ1n) is 8.91. The number of fused-ring (bicyclic) bond motifs is 4. The molecule has 0 amide bonds. The predicted molar refractivity (Wildman–Crippen MR) is 101 cm³/mol. The van der Waals surface area contributed by atoms with E-state index in [4.69, 9.17) is 19.2 Å². The SMILES string of the molecule is COCCc1noc(C2=C(C)c3c(C)c4c(cc3=N2)-c2ccccc2N=4)n1. The number of hydrogen-bond donors (Lipinski definition) is 0. The molecule has 0 aliphatic carbocycles. The van der Waals surface area contributed by atoms with Gasteiger partial charge in [0.2, 0.25) is 0 Å². The van der Waals surface area contributed by atoms with Gasteiger partial charge in [0, 0.05) is 30.2 Å². The minimum absolute atomic E-state index is 0.451. The Balaban J connectivity index is 1.64. The fourth-order valence-corrected chi connectivity index (χ4v) is 3.80. The van der Waals surface area contributed by atoms with Crippen molar-refractivity contribution < 1.29 is 9.26 Å². The molecule has 0 saturated carbocycles. The van der Waals surface area contributed by atoms with Crippen molar-refractivity contribution in [1.82, 2.24) is 10.1 Å². The van der Waals surface area contributed by atoms with Gasteiger partial charge in [-0.2, -0.15) is 4.98 Å². The molecule has 0 spiro atoms. The highest BCUT2D eigenvalue weighted by Gasteiger charge is 2.25. The van der Waals surface area contributed by atoms with E-state index in [9.17, 15) is 0 Å². The maximum Gasteiger partial charge on any atom is 0.276 e. The van der Waals surface area contributed by atoms with Gasteiger partial charge in [0.25, 0.3) is 5.89 Å². The van der Waals surface area contributed by atoms with Gasteiger partial charge in [-0.3, -0.25) is 0 Å². The van der Waals surface area contributed by atoms with E-state index in [1.165, 1.54) is 0 Å². The fraction of sp³-hybridized carbons (Fsp3) is 0.238. The molecule has 5 rings (SSSR count). The highest BCUT2D eigenvalue weighted by Crippen LogP contribution is 2.35. The number of hydrogen-bond acceptors (Lipinski definition) is 6. The van der Waals surface area contributed by atoms with Gasteiger partial charge in [-0.1, -0.05) is 23.4 Å². The van der Waals surface area contributed by atoms with Gasteiger partial charge in [0.05, 0.1) is 23.0 Å². The minimum Gasteiger partial charge on any atom is -0.384 e. The fourth-order valence-electron chi connectivity index (χ4n) is 3.80. The average Bonchev–Trinajstić information content (AvgIpc) is 3.36. The molecule has 0 N–H and O–H groups in total. The van der Waals surface area contributed by atoms with Gasteiger partial charge in [0.1, 0.15) is 5.70 Å². The molecule has 6 nitrogen and oxygen atoms in total. The Bertz CT molecular complexity index is 1240. The van der Waals surface area contributed by atoms with E-state index < -0.39 is 0 Å². The molecular formula is C21H18N4O2. The van der Waals surface area contributed by atoms with Crippen LogP contribution in [0.5, 0.6) is 0 Å². The Morgan fingerprint density at radius 2 is 1.93 bits per heavy atom. The zero-order valence-electron chi connectivity index (χ0n) is 15.4. The van der Waals surface area contributed by atoms with Crippen LogP contribution in [0, 0.1) is 6.92 Å². The van der Waals surface area contributed by atoms with Crippen LogP contribution in [-0.4, -0.2) is 23.9 Å². The number of methoxy groups -OCH3 is 1. The van der Waals surface area contributed by atoms with Gasteiger partial charge in [-0.25, -0.2) is 9.98 Å². The monoisotopic (exact) mass is 358 g/mol. The largest absolute Gasteiger partial charge is 0.384 e. The van der Waals surface area contributed by atoms with Crippen molar-refractivity contribution in [3.05, 3.63) is 63.9 Å². The van der Waals surface area contributed by atoms with Crippen LogP contribution < -0.4 is 10.7 Å².